The van der Waals surface area contributed by atoms with Crippen molar-refractivity contribution >= 4 is 17.4 Å². The van der Waals surface area contributed by atoms with E-state index in [2.05, 4.69) is 25.8 Å². The van der Waals surface area contributed by atoms with Crippen LogP contribution >= 0.6 is 0 Å². The van der Waals surface area contributed by atoms with Gasteiger partial charge in [0.1, 0.15) is 11.6 Å². The SMILES string of the molecule is Cc1nc(C)n(Cc2cccc(NC(=O)Nc3ccc(-n4cccn4)cc3C)c2)n1. The van der Waals surface area contributed by atoms with E-state index in [1.165, 1.54) is 0 Å². The van der Waals surface area contributed by atoms with Crippen molar-refractivity contribution in [2.45, 2.75) is 27.3 Å². The summed E-state index contributed by atoms with van der Waals surface area (Å²) in [6, 6.07) is 15.0. The number of rotatable bonds is 5. The van der Waals surface area contributed by atoms with Gasteiger partial charge in [0.2, 0.25) is 0 Å². The molecule has 2 heterocycles. The molecule has 0 aliphatic heterocycles. The number of nitrogens with zero attached hydrogens (tertiary/aromatic N) is 5. The van der Waals surface area contributed by atoms with Crippen LogP contribution in [0.15, 0.2) is 60.9 Å². The van der Waals surface area contributed by atoms with Crippen LogP contribution < -0.4 is 10.6 Å². The Hall–Kier alpha value is -3.94. The van der Waals surface area contributed by atoms with Crippen molar-refractivity contribution in [1.29, 1.82) is 0 Å². The number of hydrogen-bond donors (Lipinski definition) is 2. The molecule has 4 rings (SSSR count). The van der Waals surface area contributed by atoms with Crippen molar-refractivity contribution in [1.82, 2.24) is 24.5 Å². The summed E-state index contributed by atoms with van der Waals surface area (Å²) in [5, 5.41) is 14.4. The number of anilines is 2. The molecule has 0 saturated carbocycles. The molecule has 4 aromatic rings. The predicted molar refractivity (Wildman–Crippen MR) is 116 cm³/mol. The summed E-state index contributed by atoms with van der Waals surface area (Å²) in [6.45, 7) is 6.34. The van der Waals surface area contributed by atoms with Gasteiger partial charge in [-0.15, -0.1) is 0 Å². The van der Waals surface area contributed by atoms with E-state index in [1.54, 1.807) is 10.9 Å². The van der Waals surface area contributed by atoms with Crippen molar-refractivity contribution in [2.75, 3.05) is 10.6 Å². The van der Waals surface area contributed by atoms with Gasteiger partial charge in [0.25, 0.3) is 0 Å². The minimum Gasteiger partial charge on any atom is -0.308 e. The lowest BCUT2D eigenvalue weighted by atomic mass is 10.2. The Bertz CT molecular complexity index is 1180. The predicted octanol–water partition coefficient (Wildman–Crippen LogP) is 4.08. The topological polar surface area (TPSA) is 89.7 Å². The van der Waals surface area contributed by atoms with E-state index in [9.17, 15) is 4.79 Å². The lowest BCUT2D eigenvalue weighted by Gasteiger charge is -2.12. The number of benzene rings is 2. The Labute approximate surface area is 174 Å². The van der Waals surface area contributed by atoms with Gasteiger partial charge in [-0.05, 0) is 68.3 Å². The van der Waals surface area contributed by atoms with Crippen LogP contribution in [0.4, 0.5) is 16.2 Å². The lowest BCUT2D eigenvalue weighted by molar-refractivity contribution is 0.262. The smallest absolute Gasteiger partial charge is 0.308 e. The molecule has 2 aromatic heterocycles. The second-order valence-corrected chi connectivity index (χ2v) is 7.09. The highest BCUT2D eigenvalue weighted by atomic mass is 16.2. The van der Waals surface area contributed by atoms with E-state index < -0.39 is 0 Å². The minimum absolute atomic E-state index is 0.296. The first-order valence-electron chi connectivity index (χ1n) is 9.63. The van der Waals surface area contributed by atoms with Crippen LogP contribution in [0.25, 0.3) is 5.69 Å². The number of hydrogen-bond acceptors (Lipinski definition) is 4. The molecule has 152 valence electrons. The van der Waals surface area contributed by atoms with Gasteiger partial charge in [0.05, 0.1) is 12.2 Å². The molecule has 0 bridgehead atoms. The van der Waals surface area contributed by atoms with Crippen LogP contribution in [0.3, 0.4) is 0 Å². The first-order chi connectivity index (χ1) is 14.5. The van der Waals surface area contributed by atoms with Gasteiger partial charge in [-0.25, -0.2) is 19.1 Å². The zero-order chi connectivity index (χ0) is 21.1. The number of aryl methyl sites for hydroxylation is 3. The number of nitrogens with one attached hydrogen (secondary N) is 2. The van der Waals surface area contributed by atoms with E-state index in [-0.39, 0.29) is 6.03 Å². The number of carbonyl (C=O) groups is 1. The van der Waals surface area contributed by atoms with Gasteiger partial charge in [0.15, 0.2) is 0 Å². The Morgan fingerprint density at radius 3 is 2.60 bits per heavy atom. The molecule has 0 spiro atoms. The van der Waals surface area contributed by atoms with Crippen LogP contribution in [-0.4, -0.2) is 30.6 Å². The summed E-state index contributed by atoms with van der Waals surface area (Å²) in [5.41, 5.74) is 4.37. The fraction of sp³-hybridized carbons (Fsp3) is 0.182. The molecule has 0 fully saturated rings. The Balaban J connectivity index is 1.42. The Morgan fingerprint density at radius 2 is 1.90 bits per heavy atom. The molecular formula is C22H23N7O. The lowest BCUT2D eigenvalue weighted by Crippen LogP contribution is -2.20. The van der Waals surface area contributed by atoms with Crippen LogP contribution in [-0.2, 0) is 6.54 Å². The summed E-state index contributed by atoms with van der Waals surface area (Å²) in [6.07, 6.45) is 3.61. The molecule has 0 saturated heterocycles. The first kappa shape index (κ1) is 19.4. The van der Waals surface area contributed by atoms with E-state index in [1.807, 2.05) is 80.2 Å². The Morgan fingerprint density at radius 1 is 1.03 bits per heavy atom. The summed E-state index contributed by atoms with van der Waals surface area (Å²) in [7, 11) is 0. The van der Waals surface area contributed by atoms with Gasteiger partial charge < -0.3 is 10.6 Å². The van der Waals surface area contributed by atoms with Crippen LogP contribution in [0, 0.1) is 20.8 Å². The van der Waals surface area contributed by atoms with E-state index >= 15 is 0 Å². The highest BCUT2D eigenvalue weighted by Crippen LogP contribution is 2.19. The summed E-state index contributed by atoms with van der Waals surface area (Å²) < 4.78 is 3.62. The third kappa shape index (κ3) is 4.38. The van der Waals surface area contributed by atoms with Crippen LogP contribution in [0.1, 0.15) is 22.8 Å². The van der Waals surface area contributed by atoms with Crippen molar-refractivity contribution in [3.63, 3.8) is 0 Å². The molecule has 2 amide bonds. The summed E-state index contributed by atoms with van der Waals surface area (Å²) >= 11 is 0. The number of urea groups is 1. The van der Waals surface area contributed by atoms with Gasteiger partial charge >= 0.3 is 6.03 Å². The first-order valence-corrected chi connectivity index (χ1v) is 9.63. The Kier molecular flexibility index (Phi) is 5.30. The maximum absolute atomic E-state index is 12.5. The molecule has 2 N–H and O–H groups in total. The number of carbonyl (C=O) groups excluding carboxylic acids is 1. The second-order valence-electron chi connectivity index (χ2n) is 7.09. The van der Waals surface area contributed by atoms with E-state index in [0.717, 1.165) is 34.2 Å². The van der Waals surface area contributed by atoms with Crippen LogP contribution in [0.2, 0.25) is 0 Å². The van der Waals surface area contributed by atoms with Gasteiger partial charge in [-0.3, -0.25) is 0 Å². The van der Waals surface area contributed by atoms with Gasteiger partial charge in [0, 0.05) is 23.8 Å². The molecule has 8 heteroatoms. The maximum Gasteiger partial charge on any atom is 0.323 e. The third-order valence-corrected chi connectivity index (χ3v) is 4.71. The van der Waals surface area contributed by atoms with E-state index in [4.69, 9.17) is 0 Å². The third-order valence-electron chi connectivity index (χ3n) is 4.71. The monoisotopic (exact) mass is 401 g/mol. The molecule has 0 aliphatic rings. The minimum atomic E-state index is -0.296. The largest absolute Gasteiger partial charge is 0.323 e. The molecular weight excluding hydrogens is 378 g/mol. The average Bonchev–Trinajstić information content (AvgIpc) is 3.34. The zero-order valence-corrected chi connectivity index (χ0v) is 17.1. The summed E-state index contributed by atoms with van der Waals surface area (Å²) in [5.74, 6) is 1.60. The number of amides is 2. The quantitative estimate of drug-likeness (QED) is 0.527. The highest BCUT2D eigenvalue weighted by molar-refractivity contribution is 6.00. The molecule has 8 nitrogen and oxygen atoms in total. The zero-order valence-electron chi connectivity index (χ0n) is 17.1. The molecule has 0 unspecified atom stereocenters. The van der Waals surface area contributed by atoms with Gasteiger partial charge in [-0.2, -0.15) is 10.2 Å². The van der Waals surface area contributed by atoms with Crippen molar-refractivity contribution < 1.29 is 4.79 Å². The maximum atomic E-state index is 12.5. The molecule has 0 aliphatic carbocycles. The second kappa shape index (κ2) is 8.20. The molecule has 2 aromatic carbocycles. The fourth-order valence-electron chi connectivity index (χ4n) is 3.27. The average molecular weight is 401 g/mol. The molecule has 0 atom stereocenters. The summed E-state index contributed by atoms with van der Waals surface area (Å²) in [4.78, 5) is 16.8. The van der Waals surface area contributed by atoms with E-state index in [0.29, 0.717) is 12.2 Å². The molecule has 30 heavy (non-hydrogen) atoms. The van der Waals surface area contributed by atoms with Crippen LogP contribution in [0.5, 0.6) is 0 Å². The fourth-order valence-corrected chi connectivity index (χ4v) is 3.27. The highest BCUT2D eigenvalue weighted by Gasteiger charge is 2.08. The van der Waals surface area contributed by atoms with Crippen molar-refractivity contribution in [2.24, 2.45) is 0 Å². The molecule has 0 radical (unpaired) electrons. The standard InChI is InChI=1S/C22H23N7O/c1-15-12-20(28-11-5-10-23-28)8-9-21(15)26-22(30)25-19-7-4-6-18(13-19)14-29-17(3)24-16(2)27-29/h4-13H,14H2,1-3H3,(H2,25,26,30). The number of aromatic nitrogens is 5. The van der Waals surface area contributed by atoms with Crippen molar-refractivity contribution in [3.05, 3.63) is 83.7 Å². The van der Waals surface area contributed by atoms with Crippen molar-refractivity contribution in [3.8, 4) is 5.69 Å². The van der Waals surface area contributed by atoms with Gasteiger partial charge in [-0.1, -0.05) is 12.1 Å². The normalized spacial score (nSPS) is 10.8.